The van der Waals surface area contributed by atoms with Crippen molar-refractivity contribution in [3.63, 3.8) is 0 Å². The van der Waals surface area contributed by atoms with Gasteiger partial charge in [0.1, 0.15) is 22.9 Å². The number of para-hydroxylation sites is 1. The Labute approximate surface area is 126 Å². The number of hydrogen-bond donors (Lipinski definition) is 2. The Hall–Kier alpha value is -2.47. The first kappa shape index (κ1) is 13.5. The van der Waals surface area contributed by atoms with E-state index < -0.39 is 0 Å². The van der Waals surface area contributed by atoms with Crippen molar-refractivity contribution in [3.8, 4) is 0 Å². The third-order valence-corrected chi connectivity index (χ3v) is 4.07. The fourth-order valence-electron chi connectivity index (χ4n) is 2.04. The van der Waals surface area contributed by atoms with Crippen LogP contribution >= 0.6 is 11.8 Å². The van der Waals surface area contributed by atoms with Crippen molar-refractivity contribution in [2.45, 2.75) is 10.8 Å². The molecule has 2 aromatic heterocycles. The van der Waals surface area contributed by atoms with Gasteiger partial charge in [-0.2, -0.15) is 0 Å². The summed E-state index contributed by atoms with van der Waals surface area (Å²) in [4.78, 5) is 12.8. The first-order chi connectivity index (χ1) is 10.3. The molecule has 2 heterocycles. The van der Waals surface area contributed by atoms with Gasteiger partial charge in [0.15, 0.2) is 0 Å². The number of benzene rings is 1. The fourth-order valence-corrected chi connectivity index (χ4v) is 3.01. The summed E-state index contributed by atoms with van der Waals surface area (Å²) < 4.78 is 0. The summed E-state index contributed by atoms with van der Waals surface area (Å²) in [6.45, 7) is 0. The van der Waals surface area contributed by atoms with Gasteiger partial charge in [-0.05, 0) is 17.7 Å². The zero-order valence-electron chi connectivity index (χ0n) is 11.2. The van der Waals surface area contributed by atoms with Crippen LogP contribution in [0.2, 0.25) is 0 Å². The van der Waals surface area contributed by atoms with Crippen molar-refractivity contribution in [2.24, 2.45) is 5.73 Å². The van der Waals surface area contributed by atoms with Crippen molar-refractivity contribution < 1.29 is 0 Å². The van der Waals surface area contributed by atoms with Crippen molar-refractivity contribution in [1.29, 1.82) is 5.41 Å². The van der Waals surface area contributed by atoms with E-state index in [0.29, 0.717) is 11.4 Å². The average Bonchev–Trinajstić information content (AvgIpc) is 2.53. The van der Waals surface area contributed by atoms with E-state index >= 15 is 0 Å². The lowest BCUT2D eigenvalue weighted by molar-refractivity contribution is 1.10. The number of rotatable bonds is 4. The minimum Gasteiger partial charge on any atom is -0.382 e. The van der Waals surface area contributed by atoms with Gasteiger partial charge in [-0.3, -0.25) is 10.4 Å². The van der Waals surface area contributed by atoms with Crippen molar-refractivity contribution in [2.75, 3.05) is 0 Å². The van der Waals surface area contributed by atoms with Gasteiger partial charge in [0, 0.05) is 17.3 Å². The number of nitrogens with two attached hydrogens (primary N) is 1. The van der Waals surface area contributed by atoms with Crippen LogP contribution in [0.25, 0.3) is 10.9 Å². The number of thioether (sulfide) groups is 1. The summed E-state index contributed by atoms with van der Waals surface area (Å²) in [6.07, 6.45) is 3.21. The number of amidine groups is 1. The Balaban J connectivity index is 1.89. The summed E-state index contributed by atoms with van der Waals surface area (Å²) >= 11 is 1.59. The smallest absolute Gasteiger partial charge is 0.142 e. The van der Waals surface area contributed by atoms with E-state index in [4.69, 9.17) is 11.1 Å². The summed E-state index contributed by atoms with van der Waals surface area (Å²) in [5.74, 6) is 0.641. The second-order valence-corrected chi connectivity index (χ2v) is 5.37. The Bertz CT molecular complexity index is 797. The maximum Gasteiger partial charge on any atom is 0.142 e. The lowest BCUT2D eigenvalue weighted by Gasteiger charge is -2.07. The van der Waals surface area contributed by atoms with Crippen LogP contribution in [0.5, 0.6) is 0 Å². The highest BCUT2D eigenvalue weighted by Crippen LogP contribution is 2.27. The number of pyridine rings is 1. The molecule has 0 unspecified atom stereocenters. The Morgan fingerprint density at radius 2 is 1.95 bits per heavy atom. The molecular weight excluding hydrogens is 282 g/mol. The number of hydrogen-bond acceptors (Lipinski definition) is 5. The van der Waals surface area contributed by atoms with Gasteiger partial charge in [-0.1, -0.05) is 24.3 Å². The van der Waals surface area contributed by atoms with Crippen molar-refractivity contribution in [1.82, 2.24) is 15.0 Å². The first-order valence-electron chi connectivity index (χ1n) is 6.36. The molecule has 1 aromatic carbocycles. The SMILES string of the molecule is N=C(N)c1ncccc1CSc1ncnc2ccccc12. The molecule has 3 rings (SSSR count). The Kier molecular flexibility index (Phi) is 3.79. The molecular formula is C15H13N5S. The standard InChI is InChI=1S/C15H13N5S/c16-14(17)13-10(4-3-7-18-13)8-21-15-11-5-1-2-6-12(11)19-9-20-15/h1-7,9H,8H2,(H3,16,17). The van der Waals surface area contributed by atoms with Gasteiger partial charge >= 0.3 is 0 Å². The van der Waals surface area contributed by atoms with Crippen LogP contribution in [-0.4, -0.2) is 20.8 Å². The van der Waals surface area contributed by atoms with Crippen molar-refractivity contribution in [3.05, 3.63) is 60.2 Å². The molecule has 0 saturated heterocycles. The van der Waals surface area contributed by atoms with Crippen LogP contribution in [0.3, 0.4) is 0 Å². The van der Waals surface area contributed by atoms with Gasteiger partial charge in [0.2, 0.25) is 0 Å². The van der Waals surface area contributed by atoms with E-state index in [1.165, 1.54) is 0 Å². The van der Waals surface area contributed by atoms with Crippen molar-refractivity contribution >= 4 is 28.5 Å². The van der Waals surface area contributed by atoms with Gasteiger partial charge in [-0.15, -0.1) is 11.8 Å². The topological polar surface area (TPSA) is 88.5 Å². The van der Waals surface area contributed by atoms with E-state index in [1.54, 1.807) is 24.3 Å². The number of nitrogens with one attached hydrogen (secondary N) is 1. The third kappa shape index (κ3) is 2.85. The molecule has 0 amide bonds. The van der Waals surface area contributed by atoms with E-state index in [9.17, 15) is 0 Å². The van der Waals surface area contributed by atoms with Gasteiger partial charge in [-0.25, -0.2) is 9.97 Å². The van der Waals surface area contributed by atoms with Gasteiger partial charge in [0.05, 0.1) is 5.52 Å². The molecule has 3 aromatic rings. The van der Waals surface area contributed by atoms with Crippen LogP contribution in [0, 0.1) is 5.41 Å². The number of nitrogens with zero attached hydrogens (tertiary/aromatic N) is 3. The van der Waals surface area contributed by atoms with E-state index in [2.05, 4.69) is 15.0 Å². The first-order valence-corrected chi connectivity index (χ1v) is 7.35. The monoisotopic (exact) mass is 295 g/mol. The largest absolute Gasteiger partial charge is 0.382 e. The van der Waals surface area contributed by atoms with Crippen LogP contribution in [0.1, 0.15) is 11.3 Å². The van der Waals surface area contributed by atoms with Crippen LogP contribution < -0.4 is 5.73 Å². The average molecular weight is 295 g/mol. The van der Waals surface area contributed by atoms with Gasteiger partial charge in [0.25, 0.3) is 0 Å². The Morgan fingerprint density at radius 3 is 2.81 bits per heavy atom. The quantitative estimate of drug-likeness (QED) is 0.334. The summed E-state index contributed by atoms with van der Waals surface area (Å²) in [5.41, 5.74) is 7.94. The fraction of sp³-hybridized carbons (Fsp3) is 0.0667. The molecule has 6 heteroatoms. The molecule has 0 atom stereocenters. The minimum atomic E-state index is -0.0151. The molecule has 21 heavy (non-hydrogen) atoms. The molecule has 0 saturated carbocycles. The zero-order chi connectivity index (χ0) is 14.7. The predicted octanol–water partition coefficient (Wildman–Crippen LogP) is 2.60. The highest BCUT2D eigenvalue weighted by molar-refractivity contribution is 7.98. The molecule has 5 nitrogen and oxygen atoms in total. The molecule has 0 spiro atoms. The van der Waals surface area contributed by atoms with Crippen LogP contribution in [-0.2, 0) is 5.75 Å². The molecule has 0 radical (unpaired) electrons. The number of fused-ring (bicyclic) bond motifs is 1. The summed E-state index contributed by atoms with van der Waals surface area (Å²) in [7, 11) is 0. The van der Waals surface area contributed by atoms with E-state index in [0.717, 1.165) is 21.5 Å². The molecule has 3 N–H and O–H groups in total. The number of nitrogen functional groups attached to an aromatic ring is 1. The molecule has 0 aliphatic rings. The molecule has 0 aliphatic heterocycles. The maximum atomic E-state index is 7.57. The van der Waals surface area contributed by atoms with Crippen LogP contribution in [0.15, 0.2) is 53.9 Å². The highest BCUT2D eigenvalue weighted by atomic mass is 32.2. The lowest BCUT2D eigenvalue weighted by atomic mass is 10.2. The summed E-state index contributed by atoms with van der Waals surface area (Å²) in [5, 5.41) is 9.51. The maximum absolute atomic E-state index is 7.57. The lowest BCUT2D eigenvalue weighted by Crippen LogP contribution is -2.15. The molecule has 104 valence electrons. The molecule has 0 bridgehead atoms. The molecule has 0 fully saturated rings. The Morgan fingerprint density at radius 1 is 1.10 bits per heavy atom. The second-order valence-electron chi connectivity index (χ2n) is 4.41. The third-order valence-electron chi connectivity index (χ3n) is 3.02. The zero-order valence-corrected chi connectivity index (χ0v) is 12.0. The van der Waals surface area contributed by atoms with E-state index in [1.807, 2.05) is 36.4 Å². The van der Waals surface area contributed by atoms with Crippen LogP contribution in [0.4, 0.5) is 0 Å². The van der Waals surface area contributed by atoms with E-state index in [-0.39, 0.29) is 5.84 Å². The second kappa shape index (κ2) is 5.88. The summed E-state index contributed by atoms with van der Waals surface area (Å²) in [6, 6.07) is 11.7. The normalized spacial score (nSPS) is 10.7. The van der Waals surface area contributed by atoms with Gasteiger partial charge < -0.3 is 5.73 Å². The predicted molar refractivity (Wildman–Crippen MR) is 84.4 cm³/mol. The number of aromatic nitrogens is 3. The highest BCUT2D eigenvalue weighted by Gasteiger charge is 2.09. The molecule has 0 aliphatic carbocycles. The minimum absolute atomic E-state index is 0.0151.